The van der Waals surface area contributed by atoms with Gasteiger partial charge in [-0.1, -0.05) is 6.07 Å². The number of aryl methyl sites for hydroxylation is 1. The number of hydrogen-bond acceptors (Lipinski definition) is 5. The van der Waals surface area contributed by atoms with Gasteiger partial charge in [0.15, 0.2) is 0 Å². The highest BCUT2D eigenvalue weighted by Crippen LogP contribution is 2.25. The van der Waals surface area contributed by atoms with Crippen molar-refractivity contribution in [1.82, 2.24) is 15.0 Å². The first-order valence-corrected chi connectivity index (χ1v) is 8.75. The van der Waals surface area contributed by atoms with Gasteiger partial charge in [0.05, 0.1) is 15.2 Å². The normalized spacial score (nSPS) is 16.3. The van der Waals surface area contributed by atoms with E-state index < -0.39 is 5.60 Å². The molecule has 0 spiro atoms. The monoisotopic (exact) mass is 333 g/mol. The molecule has 0 atom stereocenters. The summed E-state index contributed by atoms with van der Waals surface area (Å²) >= 11 is 1.70. The van der Waals surface area contributed by atoms with E-state index in [-0.39, 0.29) is 6.09 Å². The number of rotatable bonds is 2. The van der Waals surface area contributed by atoms with Crippen molar-refractivity contribution < 1.29 is 9.53 Å². The lowest BCUT2D eigenvalue weighted by atomic mass is 10.2. The van der Waals surface area contributed by atoms with E-state index >= 15 is 0 Å². The molecule has 0 radical (unpaired) electrons. The van der Waals surface area contributed by atoms with Crippen LogP contribution in [0.4, 0.5) is 4.79 Å². The summed E-state index contributed by atoms with van der Waals surface area (Å²) in [5.74, 6) is 0. The Hall–Kier alpha value is -1.66. The smallest absolute Gasteiger partial charge is 0.424 e. The number of aromatic nitrogens is 1. The van der Waals surface area contributed by atoms with E-state index in [0.717, 1.165) is 30.0 Å². The summed E-state index contributed by atoms with van der Waals surface area (Å²) in [7, 11) is 0. The Labute approximate surface area is 140 Å². The molecule has 1 fully saturated rings. The third kappa shape index (κ3) is 3.82. The van der Waals surface area contributed by atoms with Gasteiger partial charge in [-0.15, -0.1) is 11.3 Å². The Morgan fingerprint density at radius 1 is 1.35 bits per heavy atom. The summed E-state index contributed by atoms with van der Waals surface area (Å²) in [5.41, 5.74) is 1.77. The second-order valence-electron chi connectivity index (χ2n) is 6.88. The van der Waals surface area contributed by atoms with Crippen LogP contribution in [-0.2, 0) is 11.3 Å². The average molecular weight is 333 g/mol. The van der Waals surface area contributed by atoms with Crippen molar-refractivity contribution in [3.8, 4) is 0 Å². The fraction of sp³-hybridized carbons (Fsp3) is 0.529. The molecular formula is C17H23N3O2S. The molecule has 2 aromatic rings. The van der Waals surface area contributed by atoms with Crippen molar-refractivity contribution in [2.75, 3.05) is 13.1 Å². The molecule has 0 aliphatic carbocycles. The molecule has 1 aromatic carbocycles. The standard InChI is InChI=1S/C17H23N3O2S/c1-12-18-14-7-6-13(10-15(14)23-12)11-19-8-5-9-20(19)16(21)22-17(2,3)4/h6-7,10H,5,8-9,11H2,1-4H3. The predicted octanol–water partition coefficient (Wildman–Crippen LogP) is 3.96. The quantitative estimate of drug-likeness (QED) is 0.834. The zero-order valence-corrected chi connectivity index (χ0v) is 14.9. The maximum atomic E-state index is 12.3. The van der Waals surface area contributed by atoms with Crippen LogP contribution in [0.1, 0.15) is 37.8 Å². The lowest BCUT2D eigenvalue weighted by molar-refractivity contribution is -0.0294. The van der Waals surface area contributed by atoms with E-state index in [1.165, 1.54) is 10.3 Å². The molecule has 1 aliphatic heterocycles. The Morgan fingerprint density at radius 3 is 2.87 bits per heavy atom. The van der Waals surface area contributed by atoms with Gasteiger partial charge in [0.2, 0.25) is 0 Å². The van der Waals surface area contributed by atoms with Gasteiger partial charge >= 0.3 is 6.09 Å². The molecule has 23 heavy (non-hydrogen) atoms. The van der Waals surface area contributed by atoms with E-state index in [1.54, 1.807) is 16.3 Å². The third-order valence-corrected chi connectivity index (χ3v) is 4.59. The zero-order valence-electron chi connectivity index (χ0n) is 14.1. The molecule has 1 aliphatic rings. The van der Waals surface area contributed by atoms with E-state index in [9.17, 15) is 4.79 Å². The number of amides is 1. The number of fused-ring (bicyclic) bond motifs is 1. The van der Waals surface area contributed by atoms with E-state index in [4.69, 9.17) is 4.74 Å². The summed E-state index contributed by atoms with van der Waals surface area (Å²) < 4.78 is 6.70. The van der Waals surface area contributed by atoms with Gasteiger partial charge in [-0.3, -0.25) is 0 Å². The van der Waals surface area contributed by atoms with Crippen LogP contribution in [0.5, 0.6) is 0 Å². The second-order valence-corrected chi connectivity index (χ2v) is 8.11. The van der Waals surface area contributed by atoms with Gasteiger partial charge in [0, 0.05) is 19.6 Å². The molecule has 124 valence electrons. The molecule has 0 saturated carbocycles. The highest BCUT2D eigenvalue weighted by atomic mass is 32.1. The molecule has 0 bridgehead atoms. The van der Waals surface area contributed by atoms with Gasteiger partial charge in [0.25, 0.3) is 0 Å². The number of nitrogens with zero attached hydrogens (tertiary/aromatic N) is 3. The van der Waals surface area contributed by atoms with Crippen LogP contribution < -0.4 is 0 Å². The van der Waals surface area contributed by atoms with E-state index in [1.807, 2.05) is 27.7 Å². The summed E-state index contributed by atoms with van der Waals surface area (Å²) in [6, 6.07) is 6.32. The molecule has 1 aromatic heterocycles. The molecule has 1 amide bonds. The van der Waals surface area contributed by atoms with Crippen molar-refractivity contribution in [2.24, 2.45) is 0 Å². The largest absolute Gasteiger partial charge is 0.443 e. The predicted molar refractivity (Wildman–Crippen MR) is 92.3 cm³/mol. The van der Waals surface area contributed by atoms with Crippen LogP contribution in [-0.4, -0.2) is 39.8 Å². The average Bonchev–Trinajstić information content (AvgIpc) is 3.01. The molecule has 6 heteroatoms. The minimum Gasteiger partial charge on any atom is -0.443 e. The molecule has 5 nitrogen and oxygen atoms in total. The topological polar surface area (TPSA) is 45.7 Å². The third-order valence-electron chi connectivity index (χ3n) is 3.66. The summed E-state index contributed by atoms with van der Waals surface area (Å²) in [6.07, 6.45) is 0.714. The van der Waals surface area contributed by atoms with Crippen molar-refractivity contribution >= 4 is 27.6 Å². The number of hydrazine groups is 1. The van der Waals surface area contributed by atoms with Crippen LogP contribution in [0.15, 0.2) is 18.2 Å². The Morgan fingerprint density at radius 2 is 2.13 bits per heavy atom. The number of benzene rings is 1. The van der Waals surface area contributed by atoms with Crippen molar-refractivity contribution in [3.05, 3.63) is 28.8 Å². The van der Waals surface area contributed by atoms with Crippen molar-refractivity contribution in [1.29, 1.82) is 0 Å². The number of carbonyl (C=O) groups is 1. The minimum absolute atomic E-state index is 0.260. The number of hydrogen-bond donors (Lipinski definition) is 0. The maximum absolute atomic E-state index is 12.3. The van der Waals surface area contributed by atoms with Gasteiger partial charge < -0.3 is 4.74 Å². The molecule has 3 rings (SSSR count). The number of carbonyl (C=O) groups excluding carboxylic acids is 1. The van der Waals surface area contributed by atoms with Gasteiger partial charge in [-0.25, -0.2) is 19.8 Å². The van der Waals surface area contributed by atoms with E-state index in [2.05, 4.69) is 28.2 Å². The Bertz CT molecular complexity index is 720. The van der Waals surface area contributed by atoms with Crippen LogP contribution in [0.3, 0.4) is 0 Å². The first-order chi connectivity index (χ1) is 10.8. The zero-order chi connectivity index (χ0) is 16.6. The van der Waals surface area contributed by atoms with Gasteiger partial charge in [0.1, 0.15) is 5.60 Å². The second kappa shape index (κ2) is 6.09. The maximum Gasteiger partial charge on any atom is 0.424 e. The number of thiazole rings is 1. The summed E-state index contributed by atoms with van der Waals surface area (Å²) in [5, 5.41) is 4.88. The minimum atomic E-state index is -0.468. The summed E-state index contributed by atoms with van der Waals surface area (Å²) in [6.45, 7) is 10.0. The highest BCUT2D eigenvalue weighted by molar-refractivity contribution is 7.18. The lowest BCUT2D eigenvalue weighted by Crippen LogP contribution is -2.43. The molecule has 2 heterocycles. The van der Waals surface area contributed by atoms with Crippen molar-refractivity contribution in [2.45, 2.75) is 46.3 Å². The van der Waals surface area contributed by atoms with Crippen LogP contribution in [0.2, 0.25) is 0 Å². The first-order valence-electron chi connectivity index (χ1n) is 7.93. The van der Waals surface area contributed by atoms with Crippen LogP contribution in [0.25, 0.3) is 10.2 Å². The SMILES string of the molecule is Cc1nc2ccc(CN3CCCN3C(=O)OC(C)(C)C)cc2s1. The Kier molecular flexibility index (Phi) is 4.29. The molecule has 1 saturated heterocycles. The van der Waals surface area contributed by atoms with Crippen LogP contribution in [0, 0.1) is 6.92 Å². The Balaban J connectivity index is 1.73. The number of ether oxygens (including phenoxy) is 1. The van der Waals surface area contributed by atoms with Crippen molar-refractivity contribution in [3.63, 3.8) is 0 Å². The van der Waals surface area contributed by atoms with Crippen LogP contribution >= 0.6 is 11.3 Å². The summed E-state index contributed by atoms with van der Waals surface area (Å²) in [4.78, 5) is 16.8. The van der Waals surface area contributed by atoms with Gasteiger partial charge in [-0.2, -0.15) is 0 Å². The first kappa shape index (κ1) is 16.2. The molecular weight excluding hydrogens is 310 g/mol. The highest BCUT2D eigenvalue weighted by Gasteiger charge is 2.30. The molecule has 0 unspecified atom stereocenters. The lowest BCUT2D eigenvalue weighted by Gasteiger charge is -2.30. The van der Waals surface area contributed by atoms with E-state index in [0.29, 0.717) is 6.54 Å². The fourth-order valence-corrected chi connectivity index (χ4v) is 3.64. The van der Waals surface area contributed by atoms with Gasteiger partial charge in [-0.05, 0) is 51.8 Å². The fourth-order valence-electron chi connectivity index (χ4n) is 2.74. The molecule has 0 N–H and O–H groups in total.